The molecule has 126 valence electrons. The van der Waals surface area contributed by atoms with Gasteiger partial charge in [0.15, 0.2) is 5.57 Å². The third-order valence-electron chi connectivity index (χ3n) is 3.15. The molecule has 0 aromatic heterocycles. The van der Waals surface area contributed by atoms with Crippen molar-refractivity contribution in [1.82, 2.24) is 0 Å². The number of carbonyl (C=O) groups is 1. The van der Waals surface area contributed by atoms with Crippen molar-refractivity contribution in [3.8, 4) is 18.2 Å². The van der Waals surface area contributed by atoms with Crippen LogP contribution < -0.4 is 10.6 Å². The van der Waals surface area contributed by atoms with Crippen LogP contribution in [-0.4, -0.2) is 5.91 Å². The van der Waals surface area contributed by atoms with Crippen molar-refractivity contribution in [2.75, 3.05) is 10.6 Å². The molecule has 0 aliphatic heterocycles. The van der Waals surface area contributed by atoms with Gasteiger partial charge >= 0.3 is 0 Å². The van der Waals surface area contributed by atoms with Crippen LogP contribution in [0.4, 0.5) is 15.8 Å². The topological polar surface area (TPSA) is 112 Å². The Labute approximate surface area is 153 Å². The van der Waals surface area contributed by atoms with Gasteiger partial charge in [0.05, 0.1) is 11.3 Å². The second-order valence-electron chi connectivity index (χ2n) is 4.86. The lowest BCUT2D eigenvalue weighted by atomic mass is 10.1. The Bertz CT molecular complexity index is 1010. The first-order valence-corrected chi connectivity index (χ1v) is 7.44. The van der Waals surface area contributed by atoms with Crippen molar-refractivity contribution >= 4 is 28.9 Å². The van der Waals surface area contributed by atoms with Gasteiger partial charge in [-0.2, -0.15) is 15.8 Å². The number of halogens is 2. The summed E-state index contributed by atoms with van der Waals surface area (Å²) in [5.74, 6) is -1.14. The maximum atomic E-state index is 13.3. The summed E-state index contributed by atoms with van der Waals surface area (Å²) in [5.41, 5.74) is -0.310. The minimum absolute atomic E-state index is 0.0461. The van der Waals surface area contributed by atoms with Gasteiger partial charge in [-0.15, -0.1) is 0 Å². The predicted molar refractivity (Wildman–Crippen MR) is 93.3 cm³/mol. The van der Waals surface area contributed by atoms with Crippen molar-refractivity contribution < 1.29 is 9.18 Å². The molecule has 0 atom stereocenters. The number of hydrogen-bond acceptors (Lipinski definition) is 5. The summed E-state index contributed by atoms with van der Waals surface area (Å²) in [6.07, 6.45) is 0. The molecular weight excluding hydrogens is 357 g/mol. The van der Waals surface area contributed by atoms with Gasteiger partial charge in [0.2, 0.25) is 0 Å². The van der Waals surface area contributed by atoms with E-state index in [1.165, 1.54) is 36.4 Å². The molecule has 26 heavy (non-hydrogen) atoms. The van der Waals surface area contributed by atoms with Crippen molar-refractivity contribution in [3.05, 3.63) is 70.1 Å². The third-order valence-corrected chi connectivity index (χ3v) is 3.39. The summed E-state index contributed by atoms with van der Waals surface area (Å²) in [4.78, 5) is 12.5. The molecule has 1 amide bonds. The SMILES string of the molecule is N#CC(C#N)=C(C#N)Nc1ccc(Cl)cc1C(=O)Nc1cccc(F)c1. The van der Waals surface area contributed by atoms with Gasteiger partial charge in [0.1, 0.15) is 29.7 Å². The lowest BCUT2D eigenvalue weighted by Crippen LogP contribution is -2.15. The Morgan fingerprint density at radius 1 is 1.00 bits per heavy atom. The van der Waals surface area contributed by atoms with Crippen LogP contribution in [0.5, 0.6) is 0 Å². The second kappa shape index (κ2) is 8.30. The van der Waals surface area contributed by atoms with E-state index >= 15 is 0 Å². The fourth-order valence-corrected chi connectivity index (χ4v) is 2.17. The molecular formula is C18H9ClFN5O. The number of amides is 1. The van der Waals surface area contributed by atoms with Crippen molar-refractivity contribution in [2.24, 2.45) is 0 Å². The first-order valence-electron chi connectivity index (χ1n) is 7.06. The molecule has 2 aromatic rings. The molecule has 0 fully saturated rings. The molecule has 0 heterocycles. The number of anilines is 2. The van der Waals surface area contributed by atoms with Crippen LogP contribution in [0.1, 0.15) is 10.4 Å². The van der Waals surface area contributed by atoms with Crippen molar-refractivity contribution in [3.63, 3.8) is 0 Å². The van der Waals surface area contributed by atoms with Crippen molar-refractivity contribution in [1.29, 1.82) is 15.8 Å². The molecule has 0 saturated heterocycles. The summed E-state index contributed by atoms with van der Waals surface area (Å²) < 4.78 is 13.3. The van der Waals surface area contributed by atoms with Crippen LogP contribution in [0.15, 0.2) is 53.7 Å². The van der Waals surface area contributed by atoms with E-state index in [0.717, 1.165) is 6.07 Å². The first kappa shape index (κ1) is 18.5. The summed E-state index contributed by atoms with van der Waals surface area (Å²) in [5, 5.41) is 32.3. The van der Waals surface area contributed by atoms with E-state index < -0.39 is 17.3 Å². The smallest absolute Gasteiger partial charge is 0.257 e. The molecule has 2 rings (SSSR count). The van der Waals surface area contributed by atoms with Crippen LogP contribution in [0, 0.1) is 39.8 Å². The molecule has 0 saturated carbocycles. The summed E-state index contributed by atoms with van der Waals surface area (Å²) in [7, 11) is 0. The van der Waals surface area contributed by atoms with Crippen LogP contribution >= 0.6 is 11.6 Å². The van der Waals surface area contributed by atoms with Gasteiger partial charge in [0, 0.05) is 10.7 Å². The molecule has 0 radical (unpaired) electrons. The second-order valence-corrected chi connectivity index (χ2v) is 5.30. The highest BCUT2D eigenvalue weighted by Gasteiger charge is 2.15. The average Bonchev–Trinajstić information content (AvgIpc) is 2.62. The number of rotatable bonds is 4. The van der Waals surface area contributed by atoms with Gasteiger partial charge < -0.3 is 10.6 Å². The van der Waals surface area contributed by atoms with Crippen LogP contribution in [0.25, 0.3) is 0 Å². The van der Waals surface area contributed by atoms with E-state index in [1.54, 1.807) is 18.2 Å². The molecule has 0 spiro atoms. The Morgan fingerprint density at radius 2 is 1.73 bits per heavy atom. The molecule has 0 aliphatic rings. The number of carbonyl (C=O) groups excluding carboxylic acids is 1. The minimum Gasteiger partial charge on any atom is -0.344 e. The quantitative estimate of drug-likeness (QED) is 0.796. The highest BCUT2D eigenvalue weighted by atomic mass is 35.5. The number of allylic oxidation sites excluding steroid dienone is 2. The molecule has 0 bridgehead atoms. The van der Waals surface area contributed by atoms with E-state index in [2.05, 4.69) is 10.6 Å². The van der Waals surface area contributed by atoms with Gasteiger partial charge in [-0.3, -0.25) is 4.79 Å². The third kappa shape index (κ3) is 4.36. The molecule has 0 unspecified atom stereocenters. The Kier molecular flexibility index (Phi) is 5.90. The van der Waals surface area contributed by atoms with Gasteiger partial charge in [-0.1, -0.05) is 17.7 Å². The largest absolute Gasteiger partial charge is 0.344 e. The molecule has 2 N–H and O–H groups in total. The number of nitriles is 3. The summed E-state index contributed by atoms with van der Waals surface area (Å²) >= 11 is 5.93. The molecule has 2 aromatic carbocycles. The Hall–Kier alpha value is -3.86. The first-order chi connectivity index (χ1) is 12.5. The Morgan fingerprint density at radius 3 is 2.35 bits per heavy atom. The van der Waals surface area contributed by atoms with Gasteiger partial charge in [-0.05, 0) is 36.4 Å². The van der Waals surface area contributed by atoms with Crippen LogP contribution in [0.2, 0.25) is 5.02 Å². The number of hydrogen-bond donors (Lipinski definition) is 2. The van der Waals surface area contributed by atoms with Crippen molar-refractivity contribution in [2.45, 2.75) is 0 Å². The Balaban J connectivity index is 2.41. The zero-order valence-electron chi connectivity index (χ0n) is 13.0. The molecule has 6 nitrogen and oxygen atoms in total. The zero-order chi connectivity index (χ0) is 19.1. The highest BCUT2D eigenvalue weighted by molar-refractivity contribution is 6.31. The summed E-state index contributed by atoms with van der Waals surface area (Å²) in [6.45, 7) is 0. The van der Waals surface area contributed by atoms with Crippen LogP contribution in [-0.2, 0) is 0 Å². The van der Waals surface area contributed by atoms with E-state index in [0.29, 0.717) is 0 Å². The fourth-order valence-electron chi connectivity index (χ4n) is 2.00. The standard InChI is InChI=1S/C18H9ClFN5O/c19-12-4-5-16(25-17(10-23)11(8-21)9-22)15(6-12)18(26)24-14-3-1-2-13(20)7-14/h1-7,25H,(H,24,26). The van der Waals surface area contributed by atoms with E-state index in [9.17, 15) is 9.18 Å². The van der Waals surface area contributed by atoms with E-state index in [1.807, 2.05) is 0 Å². The number of benzene rings is 2. The zero-order valence-corrected chi connectivity index (χ0v) is 13.8. The minimum atomic E-state index is -0.617. The maximum Gasteiger partial charge on any atom is 0.257 e. The lowest BCUT2D eigenvalue weighted by Gasteiger charge is -2.12. The fraction of sp³-hybridized carbons (Fsp3) is 0. The van der Waals surface area contributed by atoms with E-state index in [4.69, 9.17) is 27.4 Å². The van der Waals surface area contributed by atoms with Gasteiger partial charge in [0.25, 0.3) is 5.91 Å². The highest BCUT2D eigenvalue weighted by Crippen LogP contribution is 2.24. The normalized spacial score (nSPS) is 9.19. The molecule has 8 heteroatoms. The number of nitrogens with one attached hydrogen (secondary N) is 2. The lowest BCUT2D eigenvalue weighted by molar-refractivity contribution is 0.102. The maximum absolute atomic E-state index is 13.3. The van der Waals surface area contributed by atoms with E-state index in [-0.39, 0.29) is 27.7 Å². The predicted octanol–water partition coefficient (Wildman–Crippen LogP) is 3.97. The monoisotopic (exact) mass is 365 g/mol. The van der Waals surface area contributed by atoms with Crippen LogP contribution in [0.3, 0.4) is 0 Å². The average molecular weight is 366 g/mol. The summed E-state index contributed by atoms with van der Waals surface area (Å²) in [6, 6.07) is 14.4. The molecule has 0 aliphatic carbocycles. The van der Waals surface area contributed by atoms with Gasteiger partial charge in [-0.25, -0.2) is 4.39 Å². The number of nitrogens with zero attached hydrogens (tertiary/aromatic N) is 3.